The van der Waals surface area contributed by atoms with Crippen LogP contribution in [0.3, 0.4) is 0 Å². The van der Waals surface area contributed by atoms with Crippen LogP contribution in [0.2, 0.25) is 0 Å². The largest absolute Gasteiger partial charge is 0.454 e. The van der Waals surface area contributed by atoms with E-state index in [4.69, 9.17) is 4.74 Å². The summed E-state index contributed by atoms with van der Waals surface area (Å²) >= 11 is 0. The van der Waals surface area contributed by atoms with Crippen LogP contribution in [0.1, 0.15) is 79.6 Å². The molecule has 29 heavy (non-hydrogen) atoms. The molecule has 1 amide bonds. The van der Waals surface area contributed by atoms with E-state index < -0.39 is 17.5 Å². The van der Waals surface area contributed by atoms with Gasteiger partial charge in [-0.3, -0.25) is 19.2 Å². The summed E-state index contributed by atoms with van der Waals surface area (Å²) in [6, 6.07) is 0. The molecule has 1 aromatic rings. The van der Waals surface area contributed by atoms with E-state index in [1.807, 2.05) is 20.8 Å². The van der Waals surface area contributed by atoms with Crippen molar-refractivity contribution < 1.29 is 23.9 Å². The molecule has 0 aliphatic carbocycles. The van der Waals surface area contributed by atoms with Crippen molar-refractivity contribution in [1.82, 2.24) is 9.88 Å². The minimum atomic E-state index is -0.951. The number of nitrogens with one attached hydrogen (secondary N) is 1. The Morgan fingerprint density at radius 2 is 1.66 bits per heavy atom. The van der Waals surface area contributed by atoms with Gasteiger partial charge in [-0.2, -0.15) is 0 Å². The standard InChI is InChI=1S/C22H32N2O5/c1-12-17(14(3)25)13(2)23-18(12)19(26)15(4)29-20(27)16-8-10-24(11-9-16)21(28)22(5,6)7/h15-16,23H,8-11H2,1-7H3. The van der Waals surface area contributed by atoms with E-state index in [0.29, 0.717) is 48.4 Å². The second-order valence-corrected chi connectivity index (χ2v) is 8.94. The lowest BCUT2D eigenvalue weighted by Gasteiger charge is -2.35. The molecular formula is C22H32N2O5. The van der Waals surface area contributed by atoms with Gasteiger partial charge in [0, 0.05) is 29.8 Å². The molecule has 0 bridgehead atoms. The minimum Gasteiger partial charge on any atom is -0.454 e. The summed E-state index contributed by atoms with van der Waals surface area (Å²) in [4.78, 5) is 54.2. The summed E-state index contributed by atoms with van der Waals surface area (Å²) in [6.07, 6.45) is 0.0983. The van der Waals surface area contributed by atoms with Crippen molar-refractivity contribution in [2.75, 3.05) is 13.1 Å². The fourth-order valence-corrected chi connectivity index (χ4v) is 3.84. The number of likely N-dealkylation sites (tertiary alicyclic amines) is 1. The summed E-state index contributed by atoms with van der Waals surface area (Å²) in [5, 5.41) is 0. The van der Waals surface area contributed by atoms with E-state index in [9.17, 15) is 19.2 Å². The Morgan fingerprint density at radius 3 is 2.10 bits per heavy atom. The van der Waals surface area contributed by atoms with Gasteiger partial charge in [-0.1, -0.05) is 20.8 Å². The number of hydrogen-bond donors (Lipinski definition) is 1. The molecule has 1 saturated heterocycles. The number of hydrogen-bond acceptors (Lipinski definition) is 5. The summed E-state index contributed by atoms with van der Waals surface area (Å²) in [5.74, 6) is -1.13. The van der Waals surface area contributed by atoms with Crippen LogP contribution >= 0.6 is 0 Å². The van der Waals surface area contributed by atoms with Crippen molar-refractivity contribution in [3.63, 3.8) is 0 Å². The quantitative estimate of drug-likeness (QED) is 0.600. The lowest BCUT2D eigenvalue weighted by molar-refractivity contribution is -0.155. The van der Waals surface area contributed by atoms with Crippen molar-refractivity contribution in [3.05, 3.63) is 22.5 Å². The first-order valence-corrected chi connectivity index (χ1v) is 10.1. The van der Waals surface area contributed by atoms with Gasteiger partial charge in [0.05, 0.1) is 11.6 Å². The van der Waals surface area contributed by atoms with Gasteiger partial charge in [-0.25, -0.2) is 0 Å². The topological polar surface area (TPSA) is 96.5 Å². The Balaban J connectivity index is 1.98. The average Bonchev–Trinajstić information content (AvgIpc) is 2.93. The number of aromatic nitrogens is 1. The van der Waals surface area contributed by atoms with Gasteiger partial charge in [0.2, 0.25) is 11.7 Å². The number of piperidine rings is 1. The number of ether oxygens (including phenoxy) is 1. The molecule has 0 spiro atoms. The number of esters is 1. The van der Waals surface area contributed by atoms with E-state index in [1.54, 1.807) is 25.7 Å². The molecule has 2 rings (SSSR count). The molecule has 2 heterocycles. The number of amides is 1. The zero-order valence-electron chi connectivity index (χ0n) is 18.5. The molecule has 1 unspecified atom stereocenters. The van der Waals surface area contributed by atoms with E-state index in [0.717, 1.165) is 0 Å². The van der Waals surface area contributed by atoms with E-state index in [1.165, 1.54) is 6.92 Å². The second-order valence-electron chi connectivity index (χ2n) is 8.94. The van der Waals surface area contributed by atoms with Gasteiger partial charge < -0.3 is 14.6 Å². The Morgan fingerprint density at radius 1 is 1.10 bits per heavy atom. The third kappa shape index (κ3) is 4.95. The Labute approximate surface area is 172 Å². The number of rotatable bonds is 5. The maximum absolute atomic E-state index is 12.8. The highest BCUT2D eigenvalue weighted by molar-refractivity contribution is 6.05. The first-order chi connectivity index (χ1) is 13.3. The number of H-pyrrole nitrogens is 1. The predicted molar refractivity (Wildman–Crippen MR) is 109 cm³/mol. The number of carbonyl (C=O) groups excluding carboxylic acids is 4. The van der Waals surface area contributed by atoms with Crippen molar-refractivity contribution >= 4 is 23.4 Å². The third-order valence-electron chi connectivity index (χ3n) is 5.46. The highest BCUT2D eigenvalue weighted by Crippen LogP contribution is 2.25. The van der Waals surface area contributed by atoms with Crippen LogP contribution in [0, 0.1) is 25.2 Å². The number of ketones is 2. The number of aryl methyl sites for hydroxylation is 1. The molecule has 7 heteroatoms. The molecular weight excluding hydrogens is 372 g/mol. The smallest absolute Gasteiger partial charge is 0.309 e. The molecule has 0 radical (unpaired) electrons. The molecule has 1 atom stereocenters. The molecule has 160 valence electrons. The van der Waals surface area contributed by atoms with Crippen molar-refractivity contribution in [1.29, 1.82) is 0 Å². The van der Waals surface area contributed by atoms with Gasteiger partial charge in [0.1, 0.15) is 0 Å². The Kier molecular flexibility index (Phi) is 6.71. The third-order valence-corrected chi connectivity index (χ3v) is 5.46. The monoisotopic (exact) mass is 404 g/mol. The molecule has 1 aliphatic rings. The highest BCUT2D eigenvalue weighted by Gasteiger charge is 2.34. The number of Topliss-reactive ketones (excluding diaryl/α,β-unsaturated/α-hetero) is 2. The van der Waals surface area contributed by atoms with Gasteiger partial charge >= 0.3 is 5.97 Å². The van der Waals surface area contributed by atoms with Crippen LogP contribution in [-0.4, -0.2) is 52.5 Å². The van der Waals surface area contributed by atoms with E-state index in [-0.39, 0.29) is 23.4 Å². The van der Waals surface area contributed by atoms with Crippen LogP contribution in [0.4, 0.5) is 0 Å². The number of aromatic amines is 1. The fraction of sp³-hybridized carbons (Fsp3) is 0.636. The normalized spacial score (nSPS) is 16.4. The molecule has 0 aromatic carbocycles. The van der Waals surface area contributed by atoms with E-state index in [2.05, 4.69) is 4.98 Å². The fourth-order valence-electron chi connectivity index (χ4n) is 3.84. The zero-order chi connectivity index (χ0) is 22.1. The molecule has 1 aliphatic heterocycles. The van der Waals surface area contributed by atoms with Gasteiger partial charge in [-0.15, -0.1) is 0 Å². The van der Waals surface area contributed by atoms with Gasteiger partial charge in [0.25, 0.3) is 0 Å². The lowest BCUT2D eigenvalue weighted by Crippen LogP contribution is -2.45. The van der Waals surface area contributed by atoms with Crippen molar-refractivity contribution in [3.8, 4) is 0 Å². The van der Waals surface area contributed by atoms with Crippen molar-refractivity contribution in [2.24, 2.45) is 11.3 Å². The van der Waals surface area contributed by atoms with Crippen molar-refractivity contribution in [2.45, 2.75) is 67.4 Å². The predicted octanol–water partition coefficient (Wildman–Crippen LogP) is 3.23. The SMILES string of the molecule is CC(=O)c1c(C)[nH]c(C(=O)C(C)OC(=O)C2CCN(C(=O)C(C)(C)C)CC2)c1C. The molecule has 0 saturated carbocycles. The summed E-state index contributed by atoms with van der Waals surface area (Å²) in [5.41, 5.74) is 1.57. The maximum Gasteiger partial charge on any atom is 0.309 e. The average molecular weight is 405 g/mol. The second kappa shape index (κ2) is 8.51. The first-order valence-electron chi connectivity index (χ1n) is 10.1. The molecule has 1 N–H and O–H groups in total. The van der Waals surface area contributed by atoms with Crippen LogP contribution in [0.25, 0.3) is 0 Å². The Bertz CT molecular complexity index is 823. The summed E-state index contributed by atoms with van der Waals surface area (Å²) in [6.45, 7) is 13.1. The number of nitrogens with zero attached hydrogens (tertiary/aromatic N) is 1. The minimum absolute atomic E-state index is 0.0757. The highest BCUT2D eigenvalue weighted by atomic mass is 16.5. The maximum atomic E-state index is 12.8. The Hall–Kier alpha value is -2.44. The molecule has 1 aromatic heterocycles. The van der Waals surface area contributed by atoms with Crippen LogP contribution in [0.15, 0.2) is 0 Å². The lowest BCUT2D eigenvalue weighted by atomic mass is 9.91. The number of carbonyl (C=O) groups is 4. The van der Waals surface area contributed by atoms with Crippen LogP contribution in [0.5, 0.6) is 0 Å². The summed E-state index contributed by atoms with van der Waals surface area (Å²) in [7, 11) is 0. The molecule has 1 fully saturated rings. The summed E-state index contributed by atoms with van der Waals surface area (Å²) < 4.78 is 5.44. The van der Waals surface area contributed by atoms with Crippen LogP contribution < -0.4 is 0 Å². The van der Waals surface area contributed by atoms with Gasteiger partial charge in [-0.05, 0) is 46.1 Å². The van der Waals surface area contributed by atoms with E-state index >= 15 is 0 Å². The van der Waals surface area contributed by atoms with Gasteiger partial charge in [0.15, 0.2) is 11.9 Å². The zero-order valence-corrected chi connectivity index (χ0v) is 18.5. The van der Waals surface area contributed by atoms with Crippen LogP contribution in [-0.2, 0) is 14.3 Å². The molecule has 7 nitrogen and oxygen atoms in total. The first kappa shape index (κ1) is 22.8.